The predicted octanol–water partition coefficient (Wildman–Crippen LogP) is 2.83. The van der Waals surface area contributed by atoms with Gasteiger partial charge in [0.05, 0.1) is 5.52 Å². The lowest BCUT2D eigenvalue weighted by Gasteiger charge is -2.00. The second-order valence-corrected chi connectivity index (χ2v) is 3.80. The van der Waals surface area contributed by atoms with Gasteiger partial charge in [-0.15, -0.1) is 0 Å². The average Bonchev–Trinajstić information content (AvgIpc) is 2.50. The van der Waals surface area contributed by atoms with Crippen LogP contribution < -0.4 is 0 Å². The normalized spacial score (nSPS) is 10.9. The molecule has 0 bridgehead atoms. The van der Waals surface area contributed by atoms with Crippen LogP contribution in [0, 0.1) is 12.7 Å². The van der Waals surface area contributed by atoms with Crippen molar-refractivity contribution in [3.63, 3.8) is 0 Å². The third-order valence-corrected chi connectivity index (χ3v) is 2.66. The number of benzene rings is 1. The van der Waals surface area contributed by atoms with E-state index in [-0.39, 0.29) is 11.6 Å². The highest BCUT2D eigenvalue weighted by molar-refractivity contribution is 6.07. The van der Waals surface area contributed by atoms with Crippen LogP contribution >= 0.6 is 0 Å². The molecule has 0 unspecified atom stereocenters. The molecule has 0 saturated carbocycles. The fourth-order valence-electron chi connectivity index (χ4n) is 1.81. The third-order valence-electron chi connectivity index (χ3n) is 2.66. The van der Waals surface area contributed by atoms with Crippen molar-refractivity contribution in [1.29, 1.82) is 0 Å². The van der Waals surface area contributed by atoms with Crippen LogP contribution in [0.1, 0.15) is 22.8 Å². The van der Waals surface area contributed by atoms with E-state index in [1.807, 2.05) is 13.1 Å². The van der Waals surface area contributed by atoms with Crippen LogP contribution in [0.2, 0.25) is 0 Å². The molecule has 0 fully saturated rings. The van der Waals surface area contributed by atoms with Crippen molar-refractivity contribution in [2.75, 3.05) is 0 Å². The van der Waals surface area contributed by atoms with Gasteiger partial charge in [0, 0.05) is 24.2 Å². The molecule has 0 aliphatic carbocycles. The van der Waals surface area contributed by atoms with E-state index in [0.717, 1.165) is 5.52 Å². The van der Waals surface area contributed by atoms with E-state index < -0.39 is 0 Å². The minimum Gasteiger partial charge on any atom is -0.350 e. The summed E-state index contributed by atoms with van der Waals surface area (Å²) in [5, 5.41) is 0.435. The van der Waals surface area contributed by atoms with Crippen molar-refractivity contribution < 1.29 is 9.18 Å². The van der Waals surface area contributed by atoms with Crippen LogP contribution in [0.15, 0.2) is 18.3 Å². The molecular formula is C12H12FNO. The lowest BCUT2D eigenvalue weighted by molar-refractivity contribution is 0.101. The van der Waals surface area contributed by atoms with Crippen molar-refractivity contribution in [3.05, 3.63) is 35.3 Å². The topological polar surface area (TPSA) is 22.0 Å². The molecule has 78 valence electrons. The Morgan fingerprint density at radius 1 is 1.40 bits per heavy atom. The zero-order valence-electron chi connectivity index (χ0n) is 8.97. The standard InChI is InChI=1S/C12H12FNO/c1-7-4-5-10-11(12(7)13)9(8(2)15)6-14(10)3/h4-6H,1-3H3. The largest absolute Gasteiger partial charge is 0.350 e. The maximum Gasteiger partial charge on any atom is 0.162 e. The molecule has 0 aliphatic rings. The molecule has 1 heterocycles. The summed E-state index contributed by atoms with van der Waals surface area (Å²) in [5.41, 5.74) is 1.77. The lowest BCUT2D eigenvalue weighted by atomic mass is 10.1. The van der Waals surface area contributed by atoms with Crippen molar-refractivity contribution in [2.24, 2.45) is 7.05 Å². The molecule has 1 aromatic carbocycles. The maximum atomic E-state index is 13.9. The molecule has 0 radical (unpaired) electrons. The SMILES string of the molecule is CC(=O)c1cn(C)c2ccc(C)c(F)c12. The molecule has 0 aliphatic heterocycles. The number of aryl methyl sites for hydroxylation is 2. The summed E-state index contributed by atoms with van der Waals surface area (Å²) in [6.45, 7) is 3.15. The molecule has 0 atom stereocenters. The molecule has 0 N–H and O–H groups in total. The number of nitrogens with zero attached hydrogens (tertiary/aromatic N) is 1. The fraction of sp³-hybridized carbons (Fsp3) is 0.250. The maximum absolute atomic E-state index is 13.9. The van der Waals surface area contributed by atoms with E-state index >= 15 is 0 Å². The first-order valence-electron chi connectivity index (χ1n) is 4.77. The third kappa shape index (κ3) is 1.35. The Balaban J connectivity index is 2.95. The molecule has 2 aromatic rings. The first-order valence-corrected chi connectivity index (χ1v) is 4.77. The highest BCUT2D eigenvalue weighted by Crippen LogP contribution is 2.26. The average molecular weight is 205 g/mol. The summed E-state index contributed by atoms with van der Waals surface area (Å²) in [7, 11) is 1.81. The van der Waals surface area contributed by atoms with Crippen LogP contribution in [0.3, 0.4) is 0 Å². The molecule has 3 heteroatoms. The van der Waals surface area contributed by atoms with Gasteiger partial charge < -0.3 is 4.57 Å². The Labute approximate surface area is 87.3 Å². The number of carbonyl (C=O) groups excluding carboxylic acids is 1. The summed E-state index contributed by atoms with van der Waals surface area (Å²) >= 11 is 0. The molecule has 15 heavy (non-hydrogen) atoms. The van der Waals surface area contributed by atoms with Crippen LogP contribution in [0.4, 0.5) is 4.39 Å². The molecule has 2 nitrogen and oxygen atoms in total. The Hall–Kier alpha value is -1.64. The monoisotopic (exact) mass is 205 g/mol. The lowest BCUT2D eigenvalue weighted by Crippen LogP contribution is -1.92. The van der Waals surface area contributed by atoms with Crippen LogP contribution in [-0.4, -0.2) is 10.4 Å². The number of hydrogen-bond donors (Lipinski definition) is 0. The van der Waals surface area contributed by atoms with Crippen molar-refractivity contribution in [1.82, 2.24) is 4.57 Å². The molecule has 0 saturated heterocycles. The number of ketones is 1. The van der Waals surface area contributed by atoms with Gasteiger partial charge in [-0.05, 0) is 25.5 Å². The first-order chi connectivity index (χ1) is 7.02. The van der Waals surface area contributed by atoms with E-state index in [2.05, 4.69) is 0 Å². The van der Waals surface area contributed by atoms with E-state index in [1.54, 1.807) is 23.8 Å². The quantitative estimate of drug-likeness (QED) is 0.656. The Kier molecular flexibility index (Phi) is 2.11. The second kappa shape index (κ2) is 3.19. The number of rotatable bonds is 1. The van der Waals surface area contributed by atoms with E-state index in [9.17, 15) is 9.18 Å². The summed E-state index contributed by atoms with van der Waals surface area (Å²) in [6.07, 6.45) is 1.68. The van der Waals surface area contributed by atoms with Gasteiger partial charge in [0.15, 0.2) is 5.78 Å². The van der Waals surface area contributed by atoms with E-state index in [1.165, 1.54) is 6.92 Å². The molecule has 1 aromatic heterocycles. The molecular weight excluding hydrogens is 193 g/mol. The van der Waals surface area contributed by atoms with Gasteiger partial charge in [0.1, 0.15) is 5.82 Å². The van der Waals surface area contributed by atoms with Crippen LogP contribution in [0.25, 0.3) is 10.9 Å². The zero-order chi connectivity index (χ0) is 11.2. The van der Waals surface area contributed by atoms with Gasteiger partial charge >= 0.3 is 0 Å². The van der Waals surface area contributed by atoms with Gasteiger partial charge in [-0.1, -0.05) is 6.07 Å². The minimum atomic E-state index is -0.293. The number of carbonyl (C=O) groups is 1. The summed E-state index contributed by atoms with van der Waals surface area (Å²) < 4.78 is 15.6. The van der Waals surface area contributed by atoms with Crippen molar-refractivity contribution in [2.45, 2.75) is 13.8 Å². The Morgan fingerprint density at radius 2 is 2.07 bits per heavy atom. The predicted molar refractivity (Wildman–Crippen MR) is 57.6 cm³/mol. The zero-order valence-corrected chi connectivity index (χ0v) is 8.97. The van der Waals surface area contributed by atoms with Crippen molar-refractivity contribution >= 4 is 16.7 Å². The summed E-state index contributed by atoms with van der Waals surface area (Å²) in [6, 6.07) is 3.56. The van der Waals surface area contributed by atoms with Gasteiger partial charge in [-0.25, -0.2) is 4.39 Å². The van der Waals surface area contributed by atoms with E-state index in [4.69, 9.17) is 0 Å². The number of hydrogen-bond acceptors (Lipinski definition) is 1. The van der Waals surface area contributed by atoms with Crippen LogP contribution in [0.5, 0.6) is 0 Å². The molecule has 0 spiro atoms. The first kappa shape index (κ1) is 9.90. The van der Waals surface area contributed by atoms with Crippen molar-refractivity contribution in [3.8, 4) is 0 Å². The van der Waals surface area contributed by atoms with Gasteiger partial charge in [-0.3, -0.25) is 4.79 Å². The number of Topliss-reactive ketones (excluding diaryl/α,β-unsaturated/α-hetero) is 1. The number of aromatic nitrogens is 1. The smallest absolute Gasteiger partial charge is 0.162 e. The molecule has 2 rings (SSSR count). The fourth-order valence-corrected chi connectivity index (χ4v) is 1.81. The van der Waals surface area contributed by atoms with Gasteiger partial charge in [0.25, 0.3) is 0 Å². The second-order valence-electron chi connectivity index (χ2n) is 3.80. The number of halogens is 1. The summed E-state index contributed by atoms with van der Waals surface area (Å²) in [4.78, 5) is 11.4. The van der Waals surface area contributed by atoms with Crippen LogP contribution in [-0.2, 0) is 7.05 Å². The van der Waals surface area contributed by atoms with Gasteiger partial charge in [-0.2, -0.15) is 0 Å². The van der Waals surface area contributed by atoms with Gasteiger partial charge in [0.2, 0.25) is 0 Å². The molecule has 0 amide bonds. The Bertz CT molecular complexity index is 554. The minimum absolute atomic E-state index is 0.106. The van der Waals surface area contributed by atoms with E-state index in [0.29, 0.717) is 16.5 Å². The number of fused-ring (bicyclic) bond motifs is 1. The highest BCUT2D eigenvalue weighted by atomic mass is 19.1. The summed E-state index contributed by atoms with van der Waals surface area (Å²) in [5.74, 6) is -0.400. The Morgan fingerprint density at radius 3 is 2.67 bits per heavy atom. The highest BCUT2D eigenvalue weighted by Gasteiger charge is 2.15.